The minimum Gasteiger partial charge on any atom is -0.381 e. The van der Waals surface area contributed by atoms with Crippen LogP contribution in [0.5, 0.6) is 0 Å². The average Bonchev–Trinajstić information content (AvgIpc) is 3.48. The fourth-order valence-corrected chi connectivity index (χ4v) is 9.15. The summed E-state index contributed by atoms with van der Waals surface area (Å²) in [6.45, 7) is 2.60. The molecule has 4 fully saturated rings. The average molecular weight is 668 g/mol. The first-order valence-corrected chi connectivity index (χ1v) is 18.2. The van der Waals surface area contributed by atoms with Gasteiger partial charge in [0.05, 0.1) is 23.6 Å². The van der Waals surface area contributed by atoms with Gasteiger partial charge in [-0.1, -0.05) is 51.4 Å². The topological polar surface area (TPSA) is 125 Å². The molecule has 1 aliphatic carbocycles. The number of nitrogen functional groups attached to an aromatic ring is 1. The zero-order valence-corrected chi connectivity index (χ0v) is 28.2. The van der Waals surface area contributed by atoms with E-state index in [-0.39, 0.29) is 41.1 Å². The molecule has 1 saturated carbocycles. The highest BCUT2D eigenvalue weighted by Crippen LogP contribution is 2.44. The van der Waals surface area contributed by atoms with Crippen LogP contribution in [0.15, 0.2) is 12.4 Å². The number of amides is 2. The van der Waals surface area contributed by atoms with Crippen LogP contribution >= 0.6 is 0 Å². The molecule has 0 aromatic carbocycles. The summed E-state index contributed by atoms with van der Waals surface area (Å²) in [5.41, 5.74) is 6.16. The normalized spacial score (nSPS) is 26.9. The number of hydrogen-bond acceptors (Lipinski definition) is 8. The summed E-state index contributed by atoms with van der Waals surface area (Å²) in [7, 11) is 2.16. The van der Waals surface area contributed by atoms with Gasteiger partial charge in [0.1, 0.15) is 23.2 Å². The number of piperazine rings is 1. The summed E-state index contributed by atoms with van der Waals surface area (Å²) in [5, 5.41) is 10.6. The van der Waals surface area contributed by atoms with E-state index in [9.17, 15) is 9.59 Å². The maximum absolute atomic E-state index is 15.9. The van der Waals surface area contributed by atoms with Gasteiger partial charge in [0.25, 0.3) is 5.91 Å². The quantitative estimate of drug-likeness (QED) is 0.409. The second-order valence-corrected chi connectivity index (χ2v) is 14.8. The standard InChI is InChI=1S/C35H51F2N9O2/c1-43-24-10-11-25(43)22-45(21-24)34(48)23-12-16-44(17-13-23)30-26(36)18-39-19-27(30)41-33(47)29-31(38)42-46-32(29)40-20-28(37)35(46)14-8-6-4-2-3-5-7-9-15-35/h18-19,23-25,28,40H,2-17,20-22H2,1H3,(H2,38,42)(H,41,47). The lowest BCUT2D eigenvalue weighted by atomic mass is 9.81. The summed E-state index contributed by atoms with van der Waals surface area (Å²) >= 11 is 0. The van der Waals surface area contributed by atoms with Gasteiger partial charge in [-0.15, -0.1) is 0 Å². The van der Waals surface area contributed by atoms with E-state index < -0.39 is 23.4 Å². The van der Waals surface area contributed by atoms with Crippen LogP contribution in [-0.2, 0) is 10.3 Å². The fraction of sp³-hybridized carbons (Fsp3) is 0.714. The number of nitrogens with zero attached hydrogens (tertiary/aromatic N) is 6. The third-order valence-electron chi connectivity index (χ3n) is 12.0. The number of nitrogens with one attached hydrogen (secondary N) is 2. The van der Waals surface area contributed by atoms with Crippen LogP contribution in [-0.4, -0.2) is 94.4 Å². The Morgan fingerprint density at radius 2 is 1.58 bits per heavy atom. The number of carbonyl (C=O) groups is 2. The van der Waals surface area contributed by atoms with Crippen molar-refractivity contribution in [2.75, 3.05) is 61.0 Å². The van der Waals surface area contributed by atoms with E-state index in [4.69, 9.17) is 5.73 Å². The van der Waals surface area contributed by atoms with Crippen LogP contribution in [0.25, 0.3) is 0 Å². The number of fused-ring (bicyclic) bond motifs is 4. The van der Waals surface area contributed by atoms with Gasteiger partial charge >= 0.3 is 0 Å². The first-order chi connectivity index (χ1) is 23.3. The maximum Gasteiger partial charge on any atom is 0.263 e. The number of carbonyl (C=O) groups excluding carboxylic acids is 2. The molecule has 2 aromatic rings. The van der Waals surface area contributed by atoms with Gasteiger partial charge in [0.2, 0.25) is 5.91 Å². The molecule has 11 nitrogen and oxygen atoms in total. The molecular formula is C35H51F2N9O2. The number of nitrogens with two attached hydrogens (primary N) is 1. The Hall–Kier alpha value is -3.48. The highest BCUT2D eigenvalue weighted by molar-refractivity contribution is 6.12. The molecular weight excluding hydrogens is 616 g/mol. The number of pyridine rings is 1. The van der Waals surface area contributed by atoms with E-state index in [1.54, 1.807) is 4.68 Å². The largest absolute Gasteiger partial charge is 0.381 e. The molecule has 2 aromatic heterocycles. The van der Waals surface area contributed by atoms with Gasteiger partial charge in [-0.05, 0) is 45.6 Å². The Morgan fingerprint density at radius 3 is 2.23 bits per heavy atom. The molecule has 4 N–H and O–H groups in total. The molecule has 6 heterocycles. The van der Waals surface area contributed by atoms with Crippen LogP contribution < -0.4 is 21.3 Å². The van der Waals surface area contributed by atoms with Crippen molar-refractivity contribution in [3.63, 3.8) is 0 Å². The first kappa shape index (κ1) is 33.0. The lowest BCUT2D eigenvalue weighted by Crippen LogP contribution is -2.55. The van der Waals surface area contributed by atoms with Crippen LogP contribution in [0.3, 0.4) is 0 Å². The van der Waals surface area contributed by atoms with Crippen molar-refractivity contribution < 1.29 is 18.4 Å². The number of anilines is 4. The Labute approximate surface area is 282 Å². The fourth-order valence-electron chi connectivity index (χ4n) is 9.15. The van der Waals surface area contributed by atoms with Crippen molar-refractivity contribution in [1.29, 1.82) is 0 Å². The third kappa shape index (κ3) is 6.11. The van der Waals surface area contributed by atoms with Crippen LogP contribution in [0.1, 0.15) is 100 Å². The van der Waals surface area contributed by atoms with Crippen molar-refractivity contribution in [2.24, 2.45) is 5.92 Å². The van der Waals surface area contributed by atoms with Crippen LogP contribution in [0, 0.1) is 11.7 Å². The molecule has 13 heteroatoms. The van der Waals surface area contributed by atoms with Gasteiger partial charge < -0.3 is 26.2 Å². The lowest BCUT2D eigenvalue weighted by Gasteiger charge is -2.42. The number of halogens is 2. The number of likely N-dealkylation sites (N-methyl/N-ethyl adjacent to an activating group) is 1. The van der Waals surface area contributed by atoms with E-state index >= 15 is 8.78 Å². The molecule has 0 radical (unpaired) electrons. The highest BCUT2D eigenvalue weighted by Gasteiger charge is 2.47. The van der Waals surface area contributed by atoms with Gasteiger partial charge in [-0.3, -0.25) is 19.5 Å². The highest BCUT2D eigenvalue weighted by atomic mass is 19.1. The van der Waals surface area contributed by atoms with E-state index in [0.717, 1.165) is 70.7 Å². The number of piperidine rings is 1. The minimum atomic E-state index is -1.17. The van der Waals surface area contributed by atoms with E-state index in [1.165, 1.54) is 19.0 Å². The SMILES string of the molecule is CN1C2CCC1CN(C(=O)C1CCN(c3c(F)cncc3NC(=O)c3c(N)nn4c3NCC(F)C43CCCCCCCCCC3)CC1)C2. The molecule has 48 heavy (non-hydrogen) atoms. The monoisotopic (exact) mass is 667 g/mol. The Morgan fingerprint density at radius 1 is 0.958 bits per heavy atom. The lowest BCUT2D eigenvalue weighted by molar-refractivity contribution is -0.139. The second-order valence-electron chi connectivity index (χ2n) is 14.8. The summed E-state index contributed by atoms with van der Waals surface area (Å²) in [6.07, 6.45) is 14.7. The van der Waals surface area contributed by atoms with Crippen molar-refractivity contribution in [3.05, 3.63) is 23.8 Å². The molecule has 262 valence electrons. The summed E-state index contributed by atoms with van der Waals surface area (Å²) < 4.78 is 33.1. The Balaban J connectivity index is 1.07. The predicted molar refractivity (Wildman–Crippen MR) is 182 cm³/mol. The van der Waals surface area contributed by atoms with Crippen LogP contribution in [0.2, 0.25) is 0 Å². The second kappa shape index (κ2) is 13.8. The van der Waals surface area contributed by atoms with Crippen molar-refractivity contribution >= 4 is 34.8 Å². The molecule has 3 saturated heterocycles. The van der Waals surface area contributed by atoms with Gasteiger partial charge in [0.15, 0.2) is 11.6 Å². The van der Waals surface area contributed by atoms with Crippen molar-refractivity contribution in [3.8, 4) is 0 Å². The van der Waals surface area contributed by atoms with Gasteiger partial charge in [0, 0.05) is 50.7 Å². The predicted octanol–water partition coefficient (Wildman–Crippen LogP) is 5.15. The molecule has 3 atom stereocenters. The molecule has 2 amide bonds. The number of rotatable bonds is 4. The molecule has 5 aliphatic rings. The molecule has 1 spiro atoms. The maximum atomic E-state index is 15.9. The third-order valence-corrected chi connectivity index (χ3v) is 12.0. The molecule has 4 aliphatic heterocycles. The zero-order chi connectivity index (χ0) is 33.4. The van der Waals surface area contributed by atoms with Crippen molar-refractivity contribution in [2.45, 2.75) is 114 Å². The first-order valence-electron chi connectivity index (χ1n) is 18.2. The smallest absolute Gasteiger partial charge is 0.263 e. The Kier molecular flexibility index (Phi) is 9.50. The number of hydrogen-bond donors (Lipinski definition) is 3. The number of likely N-dealkylation sites (tertiary alicyclic amines) is 1. The number of alkyl halides is 1. The van der Waals surface area contributed by atoms with E-state index in [0.29, 0.717) is 56.7 Å². The molecule has 3 unspecified atom stereocenters. The summed E-state index contributed by atoms with van der Waals surface area (Å²) in [5.74, 6) is -0.565. The minimum absolute atomic E-state index is 0.0142. The Bertz CT molecular complexity index is 1470. The number of aromatic nitrogens is 3. The van der Waals surface area contributed by atoms with E-state index in [2.05, 4.69) is 32.7 Å². The zero-order valence-electron chi connectivity index (χ0n) is 28.2. The molecule has 2 bridgehead atoms. The van der Waals surface area contributed by atoms with Gasteiger partial charge in [-0.2, -0.15) is 5.10 Å². The molecule has 7 rings (SSSR count). The van der Waals surface area contributed by atoms with Crippen LogP contribution in [0.4, 0.5) is 31.8 Å². The summed E-state index contributed by atoms with van der Waals surface area (Å²) in [4.78, 5) is 37.8. The van der Waals surface area contributed by atoms with Gasteiger partial charge in [-0.25, -0.2) is 13.5 Å². The van der Waals surface area contributed by atoms with E-state index in [1.807, 2.05) is 9.80 Å². The summed E-state index contributed by atoms with van der Waals surface area (Å²) in [6, 6.07) is 0.880. The van der Waals surface area contributed by atoms with Crippen molar-refractivity contribution in [1.82, 2.24) is 24.6 Å².